The average Bonchev–Trinajstić information content (AvgIpc) is 3.12. The van der Waals surface area contributed by atoms with E-state index in [4.69, 9.17) is 14.2 Å². The highest BCUT2D eigenvalue weighted by Gasteiger charge is 2.33. The molecule has 1 saturated heterocycles. The minimum Gasteiger partial charge on any atom is -0.463 e. The molecule has 0 radical (unpaired) electrons. The number of hydrogen-bond donors (Lipinski definition) is 1. The van der Waals surface area contributed by atoms with Crippen LogP contribution in [0.3, 0.4) is 0 Å². The number of ether oxygens (including phenoxy) is 3. The third-order valence-corrected chi connectivity index (χ3v) is 4.22. The van der Waals surface area contributed by atoms with Crippen LogP contribution in [-0.4, -0.2) is 36.8 Å². The average molecular weight is 383 g/mol. The van der Waals surface area contributed by atoms with Gasteiger partial charge in [0.2, 0.25) is 6.10 Å². The summed E-state index contributed by atoms with van der Waals surface area (Å²) < 4.78 is 15.2. The number of nitrogens with one attached hydrogen (secondary N) is 1. The lowest BCUT2D eigenvalue weighted by atomic mass is 10.1. The lowest BCUT2D eigenvalue weighted by molar-refractivity contribution is -0.161. The summed E-state index contributed by atoms with van der Waals surface area (Å²) in [6.07, 6.45) is -1.16. The molecule has 0 spiro atoms. The van der Waals surface area contributed by atoms with Crippen LogP contribution in [0.25, 0.3) is 0 Å². The summed E-state index contributed by atoms with van der Waals surface area (Å²) in [6, 6.07) is 17.4. The molecular weight excluding hydrogens is 362 g/mol. The summed E-state index contributed by atoms with van der Waals surface area (Å²) in [7, 11) is 0. The topological polar surface area (TPSA) is 90.9 Å². The summed E-state index contributed by atoms with van der Waals surface area (Å²) >= 11 is 0. The minimum absolute atomic E-state index is 0.0781. The zero-order valence-electron chi connectivity index (χ0n) is 15.2. The van der Waals surface area contributed by atoms with Gasteiger partial charge in [0.05, 0.1) is 6.61 Å². The second-order valence-corrected chi connectivity index (χ2v) is 6.33. The van der Waals surface area contributed by atoms with Gasteiger partial charge in [0.15, 0.2) is 0 Å². The van der Waals surface area contributed by atoms with E-state index in [1.54, 1.807) is 0 Å². The van der Waals surface area contributed by atoms with Gasteiger partial charge in [0.25, 0.3) is 0 Å². The van der Waals surface area contributed by atoms with Crippen molar-refractivity contribution in [3.63, 3.8) is 0 Å². The first-order chi connectivity index (χ1) is 13.6. The van der Waals surface area contributed by atoms with Crippen molar-refractivity contribution in [1.82, 2.24) is 5.32 Å². The van der Waals surface area contributed by atoms with E-state index in [-0.39, 0.29) is 19.6 Å². The maximum atomic E-state index is 12.6. The van der Waals surface area contributed by atoms with E-state index in [0.29, 0.717) is 6.42 Å². The number of esters is 2. The van der Waals surface area contributed by atoms with Gasteiger partial charge >= 0.3 is 18.0 Å². The van der Waals surface area contributed by atoms with Crippen molar-refractivity contribution in [2.45, 2.75) is 31.6 Å². The highest BCUT2D eigenvalue weighted by Crippen LogP contribution is 2.13. The fourth-order valence-corrected chi connectivity index (χ4v) is 2.76. The molecule has 0 aliphatic carbocycles. The fraction of sp³-hybridized carbons (Fsp3) is 0.286. The monoisotopic (exact) mass is 383 g/mol. The molecule has 1 amide bonds. The summed E-state index contributed by atoms with van der Waals surface area (Å²) in [4.78, 5) is 36.3. The zero-order valence-corrected chi connectivity index (χ0v) is 15.2. The third-order valence-electron chi connectivity index (χ3n) is 4.22. The van der Waals surface area contributed by atoms with Gasteiger partial charge < -0.3 is 19.5 Å². The predicted octanol–water partition coefficient (Wildman–Crippen LogP) is 2.38. The van der Waals surface area contributed by atoms with E-state index in [0.717, 1.165) is 11.1 Å². The number of hydrogen-bond acceptors (Lipinski definition) is 6. The summed E-state index contributed by atoms with van der Waals surface area (Å²) in [5.74, 6) is -1.28. The quantitative estimate of drug-likeness (QED) is 0.583. The zero-order chi connectivity index (χ0) is 19.8. The number of carbonyl (C=O) groups excluding carboxylic acids is 3. The van der Waals surface area contributed by atoms with Gasteiger partial charge in [-0.1, -0.05) is 60.7 Å². The smallest absolute Gasteiger partial charge is 0.408 e. The molecule has 7 nitrogen and oxygen atoms in total. The maximum Gasteiger partial charge on any atom is 0.408 e. The Balaban J connectivity index is 1.62. The Morgan fingerprint density at radius 2 is 1.68 bits per heavy atom. The van der Waals surface area contributed by atoms with Crippen molar-refractivity contribution in [1.29, 1.82) is 0 Å². The van der Waals surface area contributed by atoms with E-state index < -0.39 is 30.2 Å². The van der Waals surface area contributed by atoms with Crippen LogP contribution in [0.4, 0.5) is 4.79 Å². The first kappa shape index (κ1) is 19.4. The molecule has 3 rings (SSSR count). The van der Waals surface area contributed by atoms with E-state index >= 15 is 0 Å². The SMILES string of the molecule is O=C(NC(Cc1ccccc1)C(=O)OC1CCOC1=O)OCc1ccccc1. The molecule has 2 aromatic carbocycles. The van der Waals surface area contributed by atoms with Gasteiger partial charge in [-0.2, -0.15) is 0 Å². The number of cyclic esters (lactones) is 1. The molecule has 2 unspecified atom stereocenters. The summed E-state index contributed by atoms with van der Waals surface area (Å²) in [6.45, 7) is 0.293. The molecule has 1 heterocycles. The second-order valence-electron chi connectivity index (χ2n) is 6.33. The van der Waals surface area contributed by atoms with Gasteiger partial charge in [-0.05, 0) is 11.1 Å². The van der Waals surface area contributed by atoms with Crippen molar-refractivity contribution < 1.29 is 28.6 Å². The number of carbonyl (C=O) groups is 3. The van der Waals surface area contributed by atoms with Crippen LogP contribution < -0.4 is 5.32 Å². The molecule has 2 atom stereocenters. The van der Waals surface area contributed by atoms with Crippen molar-refractivity contribution >= 4 is 18.0 Å². The van der Waals surface area contributed by atoms with Gasteiger partial charge in [-0.15, -0.1) is 0 Å². The normalized spacial score (nSPS) is 16.7. The molecule has 0 aromatic heterocycles. The Hall–Kier alpha value is -3.35. The lowest BCUT2D eigenvalue weighted by Crippen LogP contribution is -2.45. The molecule has 1 fully saturated rings. The van der Waals surface area contributed by atoms with E-state index in [1.165, 1.54) is 0 Å². The van der Waals surface area contributed by atoms with Crippen LogP contribution in [-0.2, 0) is 36.8 Å². The first-order valence-electron chi connectivity index (χ1n) is 9.00. The van der Waals surface area contributed by atoms with Crippen LogP contribution in [0.15, 0.2) is 60.7 Å². The van der Waals surface area contributed by atoms with Gasteiger partial charge in [0.1, 0.15) is 12.6 Å². The van der Waals surface area contributed by atoms with Crippen molar-refractivity contribution in [2.24, 2.45) is 0 Å². The molecule has 1 aliphatic heterocycles. The Kier molecular flexibility index (Phi) is 6.62. The van der Waals surface area contributed by atoms with Gasteiger partial charge in [-0.25, -0.2) is 14.4 Å². The lowest BCUT2D eigenvalue weighted by Gasteiger charge is -2.19. The van der Waals surface area contributed by atoms with Crippen LogP contribution in [0, 0.1) is 0 Å². The fourth-order valence-electron chi connectivity index (χ4n) is 2.76. The Morgan fingerprint density at radius 3 is 2.29 bits per heavy atom. The molecule has 28 heavy (non-hydrogen) atoms. The first-order valence-corrected chi connectivity index (χ1v) is 9.00. The maximum absolute atomic E-state index is 12.6. The van der Waals surface area contributed by atoms with Crippen LogP contribution in [0.2, 0.25) is 0 Å². The van der Waals surface area contributed by atoms with Crippen LogP contribution >= 0.6 is 0 Å². The highest BCUT2D eigenvalue weighted by atomic mass is 16.6. The second kappa shape index (κ2) is 9.55. The van der Waals surface area contributed by atoms with Crippen molar-refractivity contribution in [3.8, 4) is 0 Å². The van der Waals surface area contributed by atoms with Crippen molar-refractivity contribution in [2.75, 3.05) is 6.61 Å². The molecular formula is C21H21NO6. The Bertz CT molecular complexity index is 808. The van der Waals surface area contributed by atoms with E-state index in [9.17, 15) is 14.4 Å². The standard InChI is InChI=1S/C21H21NO6/c23-19(28-18-11-12-26-20(18)24)17(13-15-7-3-1-4-8-15)22-21(25)27-14-16-9-5-2-6-10-16/h1-10,17-18H,11-14H2,(H,22,25). The largest absolute Gasteiger partial charge is 0.463 e. The van der Waals surface area contributed by atoms with Gasteiger partial charge in [0, 0.05) is 12.8 Å². The number of amides is 1. The molecule has 0 bridgehead atoms. The molecule has 7 heteroatoms. The van der Waals surface area contributed by atoms with Crippen LogP contribution in [0.1, 0.15) is 17.5 Å². The van der Waals surface area contributed by atoms with Gasteiger partial charge in [-0.3, -0.25) is 0 Å². The highest BCUT2D eigenvalue weighted by molar-refractivity contribution is 5.85. The number of benzene rings is 2. The number of rotatable bonds is 7. The van der Waals surface area contributed by atoms with E-state index in [1.807, 2.05) is 60.7 Å². The summed E-state index contributed by atoms with van der Waals surface area (Å²) in [5, 5.41) is 2.54. The molecule has 1 N–H and O–H groups in total. The van der Waals surface area contributed by atoms with E-state index in [2.05, 4.69) is 5.32 Å². The molecule has 146 valence electrons. The van der Waals surface area contributed by atoms with Crippen molar-refractivity contribution in [3.05, 3.63) is 71.8 Å². The minimum atomic E-state index is -0.987. The third kappa shape index (κ3) is 5.57. The predicted molar refractivity (Wildman–Crippen MR) is 99.2 cm³/mol. The summed E-state index contributed by atoms with van der Waals surface area (Å²) in [5.41, 5.74) is 1.66. The Labute approximate surface area is 162 Å². The number of alkyl carbamates (subject to hydrolysis) is 1. The molecule has 2 aromatic rings. The van der Waals surface area contributed by atoms with Crippen LogP contribution in [0.5, 0.6) is 0 Å². The molecule has 1 aliphatic rings. The molecule has 0 saturated carbocycles. The Morgan fingerprint density at radius 1 is 1.04 bits per heavy atom.